The number of anilines is 1. The van der Waals surface area contributed by atoms with Crippen molar-refractivity contribution in [1.29, 1.82) is 0 Å². The summed E-state index contributed by atoms with van der Waals surface area (Å²) < 4.78 is 10.6. The van der Waals surface area contributed by atoms with Gasteiger partial charge < -0.3 is 14.8 Å². The highest BCUT2D eigenvalue weighted by Crippen LogP contribution is 2.27. The van der Waals surface area contributed by atoms with Crippen molar-refractivity contribution < 1.29 is 19.1 Å². The average molecular weight is 457 g/mol. The smallest absolute Gasteiger partial charge is 0.349 e. The van der Waals surface area contributed by atoms with Gasteiger partial charge in [-0.05, 0) is 53.6 Å². The standard InChI is InChI=1S/C23H18Cl2N2O4/c1-15(28)27-22-12-17(10-11-26-22)3-2-16-4-7-19(8-5-16)31-23(29)14-30-21-9-6-18(24)13-20(21)25/h2-13H,14H2,1H3,(H,26,27,28)/b3-2+. The van der Waals surface area contributed by atoms with E-state index in [2.05, 4.69) is 10.3 Å². The van der Waals surface area contributed by atoms with Crippen LogP contribution in [0.1, 0.15) is 18.1 Å². The number of halogens is 2. The number of nitrogens with one attached hydrogen (secondary N) is 1. The Labute approximate surface area is 189 Å². The highest BCUT2D eigenvalue weighted by molar-refractivity contribution is 6.35. The number of ether oxygens (including phenoxy) is 2. The number of aromatic nitrogens is 1. The van der Waals surface area contributed by atoms with Crippen LogP contribution < -0.4 is 14.8 Å². The second kappa shape index (κ2) is 10.6. The normalized spacial score (nSPS) is 10.7. The van der Waals surface area contributed by atoms with E-state index < -0.39 is 5.97 Å². The van der Waals surface area contributed by atoms with Gasteiger partial charge in [-0.2, -0.15) is 0 Å². The van der Waals surface area contributed by atoms with E-state index in [4.69, 9.17) is 32.7 Å². The Bertz CT molecular complexity index is 1110. The predicted octanol–water partition coefficient (Wildman–Crippen LogP) is 5.50. The lowest BCUT2D eigenvalue weighted by Crippen LogP contribution is -2.17. The van der Waals surface area contributed by atoms with Crippen molar-refractivity contribution in [1.82, 2.24) is 4.98 Å². The third-order valence-electron chi connectivity index (χ3n) is 3.91. The fraction of sp³-hybridized carbons (Fsp3) is 0.0870. The fourth-order valence-electron chi connectivity index (χ4n) is 2.53. The molecule has 0 aliphatic carbocycles. The van der Waals surface area contributed by atoms with Crippen LogP contribution in [0.25, 0.3) is 12.2 Å². The first-order valence-corrected chi connectivity index (χ1v) is 9.95. The molecule has 0 atom stereocenters. The van der Waals surface area contributed by atoms with Crippen LogP contribution in [0.2, 0.25) is 10.0 Å². The van der Waals surface area contributed by atoms with Crippen LogP contribution in [0.5, 0.6) is 11.5 Å². The van der Waals surface area contributed by atoms with Crippen LogP contribution in [-0.2, 0) is 9.59 Å². The van der Waals surface area contributed by atoms with Crippen molar-refractivity contribution in [2.24, 2.45) is 0 Å². The Morgan fingerprint density at radius 2 is 1.74 bits per heavy atom. The van der Waals surface area contributed by atoms with Crippen LogP contribution in [0.15, 0.2) is 60.8 Å². The Morgan fingerprint density at radius 1 is 1.00 bits per heavy atom. The Balaban J connectivity index is 1.54. The van der Waals surface area contributed by atoms with Crippen LogP contribution >= 0.6 is 23.2 Å². The summed E-state index contributed by atoms with van der Waals surface area (Å²) in [5.74, 6) is 0.488. The zero-order chi connectivity index (χ0) is 22.2. The largest absolute Gasteiger partial charge is 0.480 e. The summed E-state index contributed by atoms with van der Waals surface area (Å²) in [6.07, 6.45) is 5.40. The Morgan fingerprint density at radius 3 is 2.45 bits per heavy atom. The minimum absolute atomic E-state index is 0.180. The van der Waals surface area contributed by atoms with E-state index in [0.29, 0.717) is 27.4 Å². The quantitative estimate of drug-likeness (QED) is 0.375. The first-order valence-electron chi connectivity index (χ1n) is 9.19. The predicted molar refractivity (Wildman–Crippen MR) is 122 cm³/mol. The van der Waals surface area contributed by atoms with Gasteiger partial charge in [-0.25, -0.2) is 9.78 Å². The maximum atomic E-state index is 12.0. The Kier molecular flexibility index (Phi) is 7.65. The molecule has 1 aromatic heterocycles. The number of hydrogen-bond donors (Lipinski definition) is 1. The third kappa shape index (κ3) is 7.13. The Hall–Kier alpha value is -3.35. The summed E-state index contributed by atoms with van der Waals surface area (Å²) in [5.41, 5.74) is 1.79. The zero-order valence-electron chi connectivity index (χ0n) is 16.5. The molecule has 1 amide bonds. The van der Waals surface area contributed by atoms with Crippen LogP contribution in [0.4, 0.5) is 5.82 Å². The monoisotopic (exact) mass is 456 g/mol. The molecule has 0 saturated heterocycles. The average Bonchev–Trinajstić information content (AvgIpc) is 2.72. The first-order chi connectivity index (χ1) is 14.9. The molecule has 31 heavy (non-hydrogen) atoms. The van der Waals surface area contributed by atoms with Gasteiger partial charge in [0.15, 0.2) is 6.61 Å². The second-order valence-corrected chi connectivity index (χ2v) is 7.24. The van der Waals surface area contributed by atoms with Gasteiger partial charge in [0.05, 0.1) is 5.02 Å². The van der Waals surface area contributed by atoms with Gasteiger partial charge in [0.2, 0.25) is 5.91 Å². The number of esters is 1. The van der Waals surface area contributed by atoms with Crippen LogP contribution in [0, 0.1) is 0 Å². The van der Waals surface area contributed by atoms with Gasteiger partial charge >= 0.3 is 5.97 Å². The maximum absolute atomic E-state index is 12.0. The van der Waals surface area contributed by atoms with E-state index >= 15 is 0 Å². The minimum atomic E-state index is -0.559. The maximum Gasteiger partial charge on any atom is 0.349 e. The number of benzene rings is 2. The number of amides is 1. The summed E-state index contributed by atoms with van der Waals surface area (Å²) in [7, 11) is 0. The van der Waals surface area contributed by atoms with Gasteiger partial charge in [-0.15, -0.1) is 0 Å². The van der Waals surface area contributed by atoms with E-state index in [9.17, 15) is 9.59 Å². The number of pyridine rings is 1. The zero-order valence-corrected chi connectivity index (χ0v) is 18.0. The van der Waals surface area contributed by atoms with E-state index in [-0.39, 0.29) is 12.5 Å². The molecule has 8 heteroatoms. The fourth-order valence-corrected chi connectivity index (χ4v) is 2.99. The first kappa shape index (κ1) is 22.3. The molecular weight excluding hydrogens is 439 g/mol. The van der Waals surface area contributed by atoms with E-state index in [1.54, 1.807) is 36.5 Å². The second-order valence-electron chi connectivity index (χ2n) is 6.40. The number of carbonyl (C=O) groups excluding carboxylic acids is 2. The lowest BCUT2D eigenvalue weighted by atomic mass is 10.1. The highest BCUT2D eigenvalue weighted by atomic mass is 35.5. The lowest BCUT2D eigenvalue weighted by molar-refractivity contribution is -0.136. The van der Waals surface area contributed by atoms with Crippen molar-refractivity contribution in [2.45, 2.75) is 6.92 Å². The number of rotatable bonds is 7. The summed E-state index contributed by atoms with van der Waals surface area (Å²) in [6.45, 7) is 1.14. The molecule has 0 fully saturated rings. The molecule has 1 heterocycles. The SMILES string of the molecule is CC(=O)Nc1cc(/C=C/c2ccc(OC(=O)COc3ccc(Cl)cc3Cl)cc2)ccn1. The summed E-state index contributed by atoms with van der Waals surface area (Å²) in [4.78, 5) is 27.2. The topological polar surface area (TPSA) is 77.5 Å². The van der Waals surface area contributed by atoms with Crippen molar-refractivity contribution in [3.8, 4) is 11.5 Å². The summed E-state index contributed by atoms with van der Waals surface area (Å²) >= 11 is 11.8. The van der Waals surface area contributed by atoms with Gasteiger partial charge in [0, 0.05) is 18.1 Å². The van der Waals surface area contributed by atoms with Crippen molar-refractivity contribution in [2.75, 3.05) is 11.9 Å². The number of carbonyl (C=O) groups is 2. The van der Waals surface area contributed by atoms with Crippen molar-refractivity contribution in [3.63, 3.8) is 0 Å². The third-order valence-corrected chi connectivity index (χ3v) is 4.44. The molecule has 3 aromatic rings. The van der Waals surface area contributed by atoms with Gasteiger partial charge in [0.1, 0.15) is 17.3 Å². The molecule has 6 nitrogen and oxygen atoms in total. The van der Waals surface area contributed by atoms with Gasteiger partial charge in [0.25, 0.3) is 0 Å². The van der Waals surface area contributed by atoms with Gasteiger partial charge in [-0.1, -0.05) is 47.5 Å². The van der Waals surface area contributed by atoms with Crippen molar-refractivity contribution >= 4 is 53.0 Å². The molecule has 1 N–H and O–H groups in total. The molecular formula is C23H18Cl2N2O4. The summed E-state index contributed by atoms with van der Waals surface area (Å²) in [6, 6.07) is 15.3. The molecule has 3 rings (SSSR count). The minimum Gasteiger partial charge on any atom is -0.480 e. The molecule has 2 aromatic carbocycles. The molecule has 0 bridgehead atoms. The number of hydrogen-bond acceptors (Lipinski definition) is 5. The van der Waals surface area contributed by atoms with Crippen molar-refractivity contribution in [3.05, 3.63) is 82.0 Å². The molecule has 0 aliphatic rings. The molecule has 0 saturated carbocycles. The summed E-state index contributed by atoms with van der Waals surface area (Å²) in [5, 5.41) is 3.43. The highest BCUT2D eigenvalue weighted by Gasteiger charge is 2.09. The van der Waals surface area contributed by atoms with E-state index in [1.807, 2.05) is 30.4 Å². The van der Waals surface area contributed by atoms with Crippen LogP contribution in [0.3, 0.4) is 0 Å². The molecule has 0 aliphatic heterocycles. The molecule has 0 radical (unpaired) electrons. The van der Waals surface area contributed by atoms with Gasteiger partial charge in [-0.3, -0.25) is 4.79 Å². The molecule has 158 valence electrons. The molecule has 0 spiro atoms. The number of nitrogens with zero attached hydrogens (tertiary/aromatic N) is 1. The lowest BCUT2D eigenvalue weighted by Gasteiger charge is -2.08. The van der Waals surface area contributed by atoms with E-state index in [1.165, 1.54) is 13.0 Å². The van der Waals surface area contributed by atoms with Crippen LogP contribution in [-0.4, -0.2) is 23.5 Å². The molecule has 0 unspecified atom stereocenters. The van der Waals surface area contributed by atoms with E-state index in [0.717, 1.165) is 11.1 Å².